The molecule has 1 aromatic carbocycles. The van der Waals surface area contributed by atoms with Gasteiger partial charge in [-0.1, -0.05) is 6.07 Å². The van der Waals surface area contributed by atoms with Crippen molar-refractivity contribution in [1.82, 2.24) is 20.4 Å². The minimum Gasteiger partial charge on any atom is -0.508 e. The average Bonchev–Trinajstić information content (AvgIpc) is 3.01. The molecule has 0 radical (unpaired) electrons. The second kappa shape index (κ2) is 7.33. The third kappa shape index (κ3) is 4.04. The third-order valence-electron chi connectivity index (χ3n) is 4.21. The molecule has 7 heteroatoms. The number of aromatic hydroxyl groups is 1. The first kappa shape index (κ1) is 16.3. The Morgan fingerprint density at radius 1 is 1.42 bits per heavy atom. The van der Waals surface area contributed by atoms with Gasteiger partial charge in [0.05, 0.1) is 12.7 Å². The SMILES string of the molecule is O=C(NCc1cnn(CCF)c1)NC1CCc2cc(O)ccc2C1. The summed E-state index contributed by atoms with van der Waals surface area (Å²) in [5, 5.41) is 19.3. The Morgan fingerprint density at radius 2 is 2.29 bits per heavy atom. The molecule has 1 aliphatic rings. The predicted octanol–water partition coefficient (Wildman–Crippen LogP) is 1.91. The number of nitrogens with one attached hydrogen (secondary N) is 2. The number of alkyl halides is 1. The van der Waals surface area contributed by atoms with E-state index in [-0.39, 0.29) is 24.4 Å². The Bertz CT molecular complexity index is 716. The van der Waals surface area contributed by atoms with Crippen LogP contribution in [0, 0.1) is 0 Å². The third-order valence-corrected chi connectivity index (χ3v) is 4.21. The maximum Gasteiger partial charge on any atom is 0.315 e. The number of nitrogens with zero attached hydrogens (tertiary/aromatic N) is 2. The monoisotopic (exact) mass is 332 g/mol. The summed E-state index contributed by atoms with van der Waals surface area (Å²) in [4.78, 5) is 12.0. The molecule has 1 aromatic heterocycles. The molecular weight excluding hydrogens is 311 g/mol. The number of aromatic nitrogens is 2. The fourth-order valence-electron chi connectivity index (χ4n) is 2.99. The molecule has 0 spiro atoms. The van der Waals surface area contributed by atoms with Gasteiger partial charge >= 0.3 is 6.03 Å². The fourth-order valence-corrected chi connectivity index (χ4v) is 2.99. The number of phenols is 1. The van der Waals surface area contributed by atoms with Gasteiger partial charge in [0.15, 0.2) is 0 Å². The van der Waals surface area contributed by atoms with Crippen LogP contribution in [0.5, 0.6) is 5.75 Å². The molecular formula is C17H21FN4O2. The van der Waals surface area contributed by atoms with Crippen LogP contribution in [0.4, 0.5) is 9.18 Å². The minimum absolute atomic E-state index is 0.0799. The van der Waals surface area contributed by atoms with Gasteiger partial charge in [-0.2, -0.15) is 5.10 Å². The van der Waals surface area contributed by atoms with Gasteiger partial charge in [0.2, 0.25) is 0 Å². The molecule has 0 aliphatic heterocycles. The van der Waals surface area contributed by atoms with Crippen LogP contribution in [0.25, 0.3) is 0 Å². The van der Waals surface area contributed by atoms with Crippen LogP contribution in [0.15, 0.2) is 30.6 Å². The summed E-state index contributed by atoms with van der Waals surface area (Å²) in [6.07, 6.45) is 5.79. The number of amides is 2. The van der Waals surface area contributed by atoms with Gasteiger partial charge in [0.1, 0.15) is 12.4 Å². The van der Waals surface area contributed by atoms with E-state index in [2.05, 4.69) is 15.7 Å². The Hall–Kier alpha value is -2.57. The summed E-state index contributed by atoms with van der Waals surface area (Å²) >= 11 is 0. The minimum atomic E-state index is -0.462. The first-order valence-corrected chi connectivity index (χ1v) is 8.06. The van der Waals surface area contributed by atoms with Gasteiger partial charge in [0.25, 0.3) is 0 Å². The van der Waals surface area contributed by atoms with Crippen LogP contribution >= 0.6 is 0 Å². The highest BCUT2D eigenvalue weighted by Gasteiger charge is 2.20. The summed E-state index contributed by atoms with van der Waals surface area (Å²) in [7, 11) is 0. The topological polar surface area (TPSA) is 79.2 Å². The van der Waals surface area contributed by atoms with E-state index in [9.17, 15) is 14.3 Å². The van der Waals surface area contributed by atoms with E-state index >= 15 is 0 Å². The van der Waals surface area contributed by atoms with E-state index < -0.39 is 6.67 Å². The molecule has 1 atom stereocenters. The van der Waals surface area contributed by atoms with Crippen molar-refractivity contribution in [3.63, 3.8) is 0 Å². The van der Waals surface area contributed by atoms with Crippen molar-refractivity contribution in [3.05, 3.63) is 47.3 Å². The Labute approximate surface area is 139 Å². The quantitative estimate of drug-likeness (QED) is 0.783. The zero-order valence-electron chi connectivity index (χ0n) is 13.3. The van der Waals surface area contributed by atoms with Crippen LogP contribution in [0.1, 0.15) is 23.1 Å². The lowest BCUT2D eigenvalue weighted by Gasteiger charge is -2.25. The number of hydrogen-bond acceptors (Lipinski definition) is 3. The lowest BCUT2D eigenvalue weighted by atomic mass is 9.88. The number of fused-ring (bicyclic) bond motifs is 1. The first-order chi connectivity index (χ1) is 11.6. The van der Waals surface area contributed by atoms with Crippen molar-refractivity contribution in [2.75, 3.05) is 6.67 Å². The lowest BCUT2D eigenvalue weighted by molar-refractivity contribution is 0.235. The molecule has 3 N–H and O–H groups in total. The van der Waals surface area contributed by atoms with Gasteiger partial charge in [-0.15, -0.1) is 0 Å². The van der Waals surface area contributed by atoms with Crippen molar-refractivity contribution in [3.8, 4) is 5.75 Å². The number of hydrogen-bond donors (Lipinski definition) is 3. The second-order valence-electron chi connectivity index (χ2n) is 6.02. The van der Waals surface area contributed by atoms with Crippen LogP contribution in [-0.2, 0) is 25.9 Å². The molecule has 2 amide bonds. The van der Waals surface area contributed by atoms with E-state index in [4.69, 9.17) is 0 Å². The predicted molar refractivity (Wildman–Crippen MR) is 87.5 cm³/mol. The molecule has 3 rings (SSSR count). The number of carbonyl (C=O) groups is 1. The lowest BCUT2D eigenvalue weighted by Crippen LogP contribution is -2.44. The molecule has 0 saturated heterocycles. The van der Waals surface area contributed by atoms with E-state index in [0.29, 0.717) is 6.54 Å². The van der Waals surface area contributed by atoms with E-state index in [1.165, 1.54) is 4.68 Å². The number of urea groups is 1. The summed E-state index contributed by atoms with van der Waals surface area (Å²) in [6, 6.07) is 5.24. The Balaban J connectivity index is 1.47. The maximum absolute atomic E-state index is 12.2. The summed E-state index contributed by atoms with van der Waals surface area (Å²) < 4.78 is 13.8. The van der Waals surface area contributed by atoms with Gasteiger partial charge in [-0.25, -0.2) is 9.18 Å². The van der Waals surface area contributed by atoms with Crippen LogP contribution in [0.3, 0.4) is 0 Å². The zero-order chi connectivity index (χ0) is 16.9. The summed E-state index contributed by atoms with van der Waals surface area (Å²) in [5.74, 6) is 0.284. The summed E-state index contributed by atoms with van der Waals surface area (Å²) in [5.41, 5.74) is 3.15. The zero-order valence-corrected chi connectivity index (χ0v) is 13.3. The molecule has 0 bridgehead atoms. The molecule has 0 saturated carbocycles. The molecule has 1 unspecified atom stereocenters. The molecule has 128 valence electrons. The number of carbonyl (C=O) groups excluding carboxylic acids is 1. The fraction of sp³-hybridized carbons (Fsp3) is 0.412. The van der Waals surface area contributed by atoms with Crippen molar-refractivity contribution >= 4 is 6.03 Å². The number of rotatable bonds is 5. The van der Waals surface area contributed by atoms with Crippen LogP contribution < -0.4 is 10.6 Å². The maximum atomic E-state index is 12.2. The normalized spacial score (nSPS) is 16.5. The second-order valence-corrected chi connectivity index (χ2v) is 6.02. The average molecular weight is 332 g/mol. The van der Waals surface area contributed by atoms with Crippen LogP contribution in [-0.4, -0.2) is 33.6 Å². The van der Waals surface area contributed by atoms with E-state index in [0.717, 1.165) is 36.0 Å². The van der Waals surface area contributed by atoms with Crippen molar-refractivity contribution in [2.24, 2.45) is 0 Å². The number of aryl methyl sites for hydroxylation is 2. The van der Waals surface area contributed by atoms with E-state index in [1.54, 1.807) is 24.5 Å². The van der Waals surface area contributed by atoms with Gasteiger partial charge in [-0.05, 0) is 42.5 Å². The Morgan fingerprint density at radius 3 is 3.12 bits per heavy atom. The summed E-state index contributed by atoms with van der Waals surface area (Å²) in [6.45, 7) is 0.120. The number of halogens is 1. The van der Waals surface area contributed by atoms with Gasteiger partial charge in [-0.3, -0.25) is 4.68 Å². The number of phenolic OH excluding ortho intramolecular Hbond substituents is 1. The van der Waals surface area contributed by atoms with Crippen molar-refractivity contribution in [2.45, 2.75) is 38.4 Å². The first-order valence-electron chi connectivity index (χ1n) is 8.06. The Kier molecular flexibility index (Phi) is 4.98. The molecule has 24 heavy (non-hydrogen) atoms. The highest BCUT2D eigenvalue weighted by molar-refractivity contribution is 5.74. The van der Waals surface area contributed by atoms with Gasteiger partial charge < -0.3 is 15.7 Å². The van der Waals surface area contributed by atoms with Crippen molar-refractivity contribution in [1.29, 1.82) is 0 Å². The van der Waals surface area contributed by atoms with Crippen molar-refractivity contribution < 1.29 is 14.3 Å². The van der Waals surface area contributed by atoms with Crippen LogP contribution in [0.2, 0.25) is 0 Å². The number of benzene rings is 1. The molecule has 0 fully saturated rings. The standard InChI is InChI=1S/C17H21FN4O2/c18-5-6-22-11-12(10-20-22)9-19-17(24)21-15-3-1-14-8-16(23)4-2-13(14)7-15/h2,4,8,10-11,15,23H,1,3,5-7,9H2,(H2,19,21,24). The molecule has 6 nitrogen and oxygen atoms in total. The van der Waals surface area contributed by atoms with E-state index in [1.807, 2.05) is 6.07 Å². The molecule has 1 heterocycles. The van der Waals surface area contributed by atoms with Gasteiger partial charge in [0, 0.05) is 24.3 Å². The smallest absolute Gasteiger partial charge is 0.315 e. The largest absolute Gasteiger partial charge is 0.508 e. The molecule has 2 aromatic rings. The molecule has 1 aliphatic carbocycles. The highest BCUT2D eigenvalue weighted by atomic mass is 19.1. The highest BCUT2D eigenvalue weighted by Crippen LogP contribution is 2.24.